The van der Waals surface area contributed by atoms with Crippen LogP contribution in [-0.4, -0.2) is 26.4 Å². The minimum Gasteiger partial charge on any atom is -0.486 e. The predicted molar refractivity (Wildman–Crippen MR) is 121 cm³/mol. The number of thioether (sulfide) groups is 1. The Balaban J connectivity index is 1.61. The second-order valence-electron chi connectivity index (χ2n) is 7.41. The highest BCUT2D eigenvalue weighted by atomic mass is 32.2. The van der Waals surface area contributed by atoms with Gasteiger partial charge in [0.15, 0.2) is 11.0 Å². The van der Waals surface area contributed by atoms with Gasteiger partial charge in [0, 0.05) is 12.2 Å². The van der Waals surface area contributed by atoms with Crippen LogP contribution < -0.4 is 10.1 Å². The van der Waals surface area contributed by atoms with E-state index in [0.717, 1.165) is 39.5 Å². The molecule has 0 unspecified atom stereocenters. The maximum Gasteiger partial charge on any atom is 0.234 e. The molecule has 2 aromatic carbocycles. The van der Waals surface area contributed by atoms with E-state index in [9.17, 15) is 4.79 Å². The van der Waals surface area contributed by atoms with Gasteiger partial charge in [-0.2, -0.15) is 0 Å². The van der Waals surface area contributed by atoms with E-state index in [1.54, 1.807) is 0 Å². The van der Waals surface area contributed by atoms with Crippen LogP contribution in [0.4, 0.5) is 5.69 Å². The summed E-state index contributed by atoms with van der Waals surface area (Å²) < 4.78 is 7.91. The number of carbonyl (C=O) groups is 1. The van der Waals surface area contributed by atoms with E-state index in [4.69, 9.17) is 4.74 Å². The van der Waals surface area contributed by atoms with Crippen LogP contribution in [0.1, 0.15) is 35.0 Å². The fourth-order valence-corrected chi connectivity index (χ4v) is 4.02. The van der Waals surface area contributed by atoms with Crippen molar-refractivity contribution in [2.45, 2.75) is 52.9 Å². The molecule has 0 bridgehead atoms. The number of carbonyl (C=O) groups excluding carboxylic acids is 1. The van der Waals surface area contributed by atoms with Crippen LogP contribution in [0.5, 0.6) is 5.75 Å². The molecule has 158 valence electrons. The Bertz CT molecular complexity index is 1030. The highest BCUT2D eigenvalue weighted by Gasteiger charge is 2.14. The number of rotatable bonds is 8. The maximum absolute atomic E-state index is 12.4. The van der Waals surface area contributed by atoms with Crippen LogP contribution in [-0.2, 0) is 17.9 Å². The van der Waals surface area contributed by atoms with E-state index >= 15 is 0 Å². The summed E-state index contributed by atoms with van der Waals surface area (Å²) >= 11 is 1.38. The minimum atomic E-state index is -0.0626. The largest absolute Gasteiger partial charge is 0.486 e. The van der Waals surface area contributed by atoms with E-state index in [2.05, 4.69) is 21.6 Å². The van der Waals surface area contributed by atoms with Gasteiger partial charge in [-0.05, 0) is 75.1 Å². The lowest BCUT2D eigenvalue weighted by Crippen LogP contribution is -2.15. The second-order valence-corrected chi connectivity index (χ2v) is 8.35. The van der Waals surface area contributed by atoms with Gasteiger partial charge in [0.2, 0.25) is 5.91 Å². The molecule has 0 aliphatic rings. The van der Waals surface area contributed by atoms with Gasteiger partial charge in [-0.1, -0.05) is 30.0 Å². The molecular formula is C23H28N4O2S. The Hall–Kier alpha value is -2.80. The molecule has 7 heteroatoms. The molecule has 1 amide bonds. The van der Waals surface area contributed by atoms with Gasteiger partial charge in [-0.3, -0.25) is 4.79 Å². The quantitative estimate of drug-likeness (QED) is 0.524. The molecular weight excluding hydrogens is 396 g/mol. The van der Waals surface area contributed by atoms with E-state index < -0.39 is 0 Å². The molecule has 0 fully saturated rings. The van der Waals surface area contributed by atoms with Crippen LogP contribution in [0.3, 0.4) is 0 Å². The van der Waals surface area contributed by atoms with Gasteiger partial charge in [0.1, 0.15) is 12.4 Å². The Morgan fingerprint density at radius 3 is 2.47 bits per heavy atom. The zero-order valence-electron chi connectivity index (χ0n) is 18.2. The number of aromatic nitrogens is 3. The van der Waals surface area contributed by atoms with E-state index in [0.29, 0.717) is 18.3 Å². The first-order valence-corrected chi connectivity index (χ1v) is 11.0. The molecule has 0 atom stereocenters. The van der Waals surface area contributed by atoms with Crippen molar-refractivity contribution in [1.82, 2.24) is 14.8 Å². The molecule has 1 heterocycles. The Morgan fingerprint density at radius 1 is 1.03 bits per heavy atom. The third-order valence-electron chi connectivity index (χ3n) is 4.67. The summed E-state index contributed by atoms with van der Waals surface area (Å²) in [7, 11) is 0. The number of hydrogen-bond acceptors (Lipinski definition) is 5. The molecule has 3 aromatic rings. The molecule has 0 radical (unpaired) electrons. The van der Waals surface area contributed by atoms with Gasteiger partial charge >= 0.3 is 0 Å². The minimum absolute atomic E-state index is 0.0626. The van der Waals surface area contributed by atoms with E-state index in [1.165, 1.54) is 11.8 Å². The molecule has 0 spiro atoms. The van der Waals surface area contributed by atoms with E-state index in [-0.39, 0.29) is 11.7 Å². The molecule has 1 aromatic heterocycles. The summed E-state index contributed by atoms with van der Waals surface area (Å²) in [6.45, 7) is 11.2. The molecule has 3 rings (SSSR count). The Labute approximate surface area is 182 Å². The average molecular weight is 425 g/mol. The van der Waals surface area contributed by atoms with Crippen molar-refractivity contribution in [3.8, 4) is 5.75 Å². The number of nitrogens with one attached hydrogen (secondary N) is 1. The smallest absolute Gasteiger partial charge is 0.234 e. The number of amides is 1. The number of ether oxygens (including phenoxy) is 1. The fraction of sp³-hybridized carbons (Fsp3) is 0.348. The summed E-state index contributed by atoms with van der Waals surface area (Å²) in [5, 5.41) is 12.2. The number of hydrogen-bond donors (Lipinski definition) is 1. The summed E-state index contributed by atoms with van der Waals surface area (Å²) in [5.41, 5.74) is 5.32. The summed E-state index contributed by atoms with van der Waals surface area (Å²) in [6, 6.07) is 12.1. The SMILES string of the molecule is CCn1c(COc2cc(C)cc(C)c2)nnc1SCC(=O)Nc1cc(C)ccc1C. The maximum atomic E-state index is 12.4. The van der Waals surface area contributed by atoms with Crippen molar-refractivity contribution in [1.29, 1.82) is 0 Å². The van der Waals surface area contributed by atoms with Crippen molar-refractivity contribution in [2.24, 2.45) is 0 Å². The van der Waals surface area contributed by atoms with Crippen molar-refractivity contribution < 1.29 is 9.53 Å². The first kappa shape index (κ1) is 21.9. The third kappa shape index (κ3) is 5.63. The summed E-state index contributed by atoms with van der Waals surface area (Å²) in [6.07, 6.45) is 0. The molecule has 0 aliphatic heterocycles. The van der Waals surface area contributed by atoms with Crippen molar-refractivity contribution in [3.05, 3.63) is 64.5 Å². The molecule has 0 saturated carbocycles. The topological polar surface area (TPSA) is 69.0 Å². The van der Waals surface area contributed by atoms with Gasteiger partial charge in [-0.15, -0.1) is 10.2 Å². The van der Waals surface area contributed by atoms with Crippen LogP contribution in [0.15, 0.2) is 41.6 Å². The first-order chi connectivity index (χ1) is 14.4. The van der Waals surface area contributed by atoms with Crippen LogP contribution in [0.2, 0.25) is 0 Å². The number of benzene rings is 2. The van der Waals surface area contributed by atoms with Gasteiger partial charge in [-0.25, -0.2) is 0 Å². The standard InChI is InChI=1S/C23H28N4O2S/c1-6-27-21(13-29-19-10-16(3)9-17(4)11-19)25-26-23(27)30-14-22(28)24-20-12-15(2)7-8-18(20)5/h7-12H,6,13-14H2,1-5H3,(H,24,28). The van der Waals surface area contributed by atoms with Crippen LogP contribution >= 0.6 is 11.8 Å². The molecule has 0 saturated heterocycles. The highest BCUT2D eigenvalue weighted by Crippen LogP contribution is 2.21. The number of anilines is 1. The van der Waals surface area contributed by atoms with Crippen molar-refractivity contribution in [2.75, 3.05) is 11.1 Å². The lowest BCUT2D eigenvalue weighted by atomic mass is 10.1. The zero-order chi connectivity index (χ0) is 21.7. The number of nitrogens with zero attached hydrogens (tertiary/aromatic N) is 3. The summed E-state index contributed by atoms with van der Waals surface area (Å²) in [4.78, 5) is 12.4. The van der Waals surface area contributed by atoms with Gasteiger partial charge in [0.25, 0.3) is 0 Å². The van der Waals surface area contributed by atoms with Gasteiger partial charge < -0.3 is 14.6 Å². The first-order valence-electron chi connectivity index (χ1n) is 9.98. The molecule has 6 nitrogen and oxygen atoms in total. The lowest BCUT2D eigenvalue weighted by molar-refractivity contribution is -0.113. The molecule has 0 aliphatic carbocycles. The highest BCUT2D eigenvalue weighted by molar-refractivity contribution is 7.99. The van der Waals surface area contributed by atoms with E-state index in [1.807, 2.05) is 69.5 Å². The van der Waals surface area contributed by atoms with Gasteiger partial charge in [0.05, 0.1) is 5.75 Å². The summed E-state index contributed by atoms with van der Waals surface area (Å²) in [5.74, 6) is 1.77. The van der Waals surface area contributed by atoms with Crippen LogP contribution in [0, 0.1) is 27.7 Å². The molecule has 30 heavy (non-hydrogen) atoms. The van der Waals surface area contributed by atoms with Crippen molar-refractivity contribution in [3.63, 3.8) is 0 Å². The number of aryl methyl sites for hydroxylation is 4. The average Bonchev–Trinajstić information content (AvgIpc) is 3.08. The fourth-order valence-electron chi connectivity index (χ4n) is 3.20. The normalized spacial score (nSPS) is 10.8. The lowest BCUT2D eigenvalue weighted by Gasteiger charge is -2.11. The van der Waals surface area contributed by atoms with Crippen molar-refractivity contribution >= 4 is 23.4 Å². The zero-order valence-corrected chi connectivity index (χ0v) is 19.0. The monoisotopic (exact) mass is 424 g/mol. The third-order valence-corrected chi connectivity index (χ3v) is 5.64. The molecule has 1 N–H and O–H groups in total. The van der Waals surface area contributed by atoms with Crippen LogP contribution in [0.25, 0.3) is 0 Å². The Morgan fingerprint density at radius 2 is 1.77 bits per heavy atom. The second kappa shape index (κ2) is 9.80. The predicted octanol–water partition coefficient (Wildman–Crippen LogP) is 4.84. The Kier molecular flexibility index (Phi) is 7.15.